The van der Waals surface area contributed by atoms with Crippen LogP contribution in [0.5, 0.6) is 0 Å². The minimum absolute atomic E-state index is 0.0592. The molecule has 1 N–H and O–H groups in total. The highest BCUT2D eigenvalue weighted by Crippen LogP contribution is 2.24. The highest BCUT2D eigenvalue weighted by atomic mass is 79.9. The van der Waals surface area contributed by atoms with E-state index in [1.165, 1.54) is 4.90 Å². The van der Waals surface area contributed by atoms with Gasteiger partial charge in [0.15, 0.2) is 0 Å². The van der Waals surface area contributed by atoms with Gasteiger partial charge in [-0.05, 0) is 50.1 Å². The van der Waals surface area contributed by atoms with Crippen LogP contribution in [-0.2, 0) is 26.2 Å². The lowest BCUT2D eigenvalue weighted by Crippen LogP contribution is -2.52. The summed E-state index contributed by atoms with van der Waals surface area (Å²) in [5, 5.41) is 3.34. The first kappa shape index (κ1) is 27.1. The van der Waals surface area contributed by atoms with Crippen molar-refractivity contribution in [3.63, 3.8) is 0 Å². The van der Waals surface area contributed by atoms with Gasteiger partial charge in [0.1, 0.15) is 12.6 Å². The van der Waals surface area contributed by atoms with Crippen molar-refractivity contribution in [1.29, 1.82) is 0 Å². The molecule has 2 aromatic rings. The van der Waals surface area contributed by atoms with Gasteiger partial charge < -0.3 is 10.2 Å². The maximum Gasteiger partial charge on any atom is 0.244 e. The van der Waals surface area contributed by atoms with Crippen molar-refractivity contribution >= 4 is 55.1 Å². The molecule has 0 aliphatic carbocycles. The van der Waals surface area contributed by atoms with Crippen LogP contribution >= 0.6 is 27.5 Å². The lowest BCUT2D eigenvalue weighted by Gasteiger charge is -2.32. The minimum Gasteiger partial charge on any atom is -0.352 e. The van der Waals surface area contributed by atoms with Crippen molar-refractivity contribution in [2.24, 2.45) is 0 Å². The Morgan fingerprint density at radius 1 is 1.12 bits per heavy atom. The smallest absolute Gasteiger partial charge is 0.244 e. The maximum absolute atomic E-state index is 13.5. The molecular weight excluding hydrogens is 530 g/mol. The van der Waals surface area contributed by atoms with Gasteiger partial charge >= 0.3 is 0 Å². The minimum atomic E-state index is -3.77. The highest BCUT2D eigenvalue weighted by molar-refractivity contribution is 9.10. The second-order valence-corrected chi connectivity index (χ2v) is 11.1. The molecule has 0 heterocycles. The molecule has 180 valence electrons. The summed E-state index contributed by atoms with van der Waals surface area (Å²) in [6.45, 7) is 5.05. The van der Waals surface area contributed by atoms with Gasteiger partial charge in [0.2, 0.25) is 21.8 Å². The van der Waals surface area contributed by atoms with Gasteiger partial charge in [0.25, 0.3) is 0 Å². The van der Waals surface area contributed by atoms with Crippen molar-refractivity contribution in [3.8, 4) is 0 Å². The number of amides is 2. The summed E-state index contributed by atoms with van der Waals surface area (Å²) in [7, 11) is -3.77. The van der Waals surface area contributed by atoms with Gasteiger partial charge in [0, 0.05) is 22.1 Å². The second-order valence-electron chi connectivity index (χ2n) is 7.86. The van der Waals surface area contributed by atoms with Crippen LogP contribution in [0, 0.1) is 0 Å². The number of hydrogen-bond donors (Lipinski definition) is 1. The van der Waals surface area contributed by atoms with Gasteiger partial charge in [-0.2, -0.15) is 0 Å². The van der Waals surface area contributed by atoms with Crippen molar-refractivity contribution in [1.82, 2.24) is 10.2 Å². The average molecular weight is 559 g/mol. The van der Waals surface area contributed by atoms with E-state index in [-0.39, 0.29) is 18.5 Å². The number of anilines is 1. The average Bonchev–Trinajstić information content (AvgIpc) is 2.75. The number of rotatable bonds is 10. The summed E-state index contributed by atoms with van der Waals surface area (Å²) in [4.78, 5) is 27.7. The molecule has 0 saturated heterocycles. The predicted octanol–water partition coefficient (Wildman–Crippen LogP) is 4.20. The molecule has 0 aliphatic rings. The quantitative estimate of drug-likeness (QED) is 0.474. The van der Waals surface area contributed by atoms with E-state index in [1.807, 2.05) is 13.8 Å². The zero-order valence-electron chi connectivity index (χ0n) is 19.1. The third-order valence-electron chi connectivity index (χ3n) is 5.24. The van der Waals surface area contributed by atoms with Crippen LogP contribution in [0.4, 0.5) is 5.69 Å². The molecule has 10 heteroatoms. The normalized spacial score (nSPS) is 13.2. The van der Waals surface area contributed by atoms with E-state index in [9.17, 15) is 18.0 Å². The number of halogens is 2. The summed E-state index contributed by atoms with van der Waals surface area (Å²) in [6, 6.07) is 12.8. The molecule has 2 amide bonds. The number of sulfonamides is 1. The van der Waals surface area contributed by atoms with E-state index in [4.69, 9.17) is 11.6 Å². The lowest BCUT2D eigenvalue weighted by molar-refractivity contribution is -0.139. The molecule has 0 spiro atoms. The molecule has 0 saturated carbocycles. The van der Waals surface area contributed by atoms with Crippen LogP contribution in [0.25, 0.3) is 0 Å². The topological polar surface area (TPSA) is 86.8 Å². The highest BCUT2D eigenvalue weighted by Gasteiger charge is 2.30. The lowest BCUT2D eigenvalue weighted by atomic mass is 10.1. The molecular formula is C23H29BrClN3O4S. The third-order valence-corrected chi connectivity index (χ3v) is 7.24. The van der Waals surface area contributed by atoms with Crippen molar-refractivity contribution in [3.05, 3.63) is 63.6 Å². The van der Waals surface area contributed by atoms with Gasteiger partial charge in [-0.15, -0.1) is 0 Å². The Morgan fingerprint density at radius 3 is 2.36 bits per heavy atom. The zero-order valence-corrected chi connectivity index (χ0v) is 22.2. The van der Waals surface area contributed by atoms with Gasteiger partial charge in [-0.3, -0.25) is 13.9 Å². The molecule has 0 aliphatic heterocycles. The molecule has 2 rings (SSSR count). The van der Waals surface area contributed by atoms with Crippen molar-refractivity contribution in [2.45, 2.75) is 45.8 Å². The Balaban J connectivity index is 2.40. The third kappa shape index (κ3) is 7.72. The summed E-state index contributed by atoms with van der Waals surface area (Å²) in [5.74, 6) is -0.842. The number of nitrogens with one attached hydrogen (secondary N) is 1. The van der Waals surface area contributed by atoms with Crippen LogP contribution in [0.15, 0.2) is 53.0 Å². The number of nitrogens with zero attached hydrogens (tertiary/aromatic N) is 2. The van der Waals surface area contributed by atoms with E-state index in [2.05, 4.69) is 21.2 Å². The van der Waals surface area contributed by atoms with E-state index in [1.54, 1.807) is 55.5 Å². The first-order valence-electron chi connectivity index (χ1n) is 10.5. The molecule has 7 nitrogen and oxygen atoms in total. The summed E-state index contributed by atoms with van der Waals surface area (Å²) >= 11 is 9.64. The van der Waals surface area contributed by atoms with Crippen LogP contribution in [0.1, 0.15) is 32.8 Å². The molecule has 0 radical (unpaired) electrons. The van der Waals surface area contributed by atoms with Gasteiger partial charge in [-0.25, -0.2) is 8.42 Å². The first-order chi connectivity index (χ1) is 15.4. The van der Waals surface area contributed by atoms with Crippen LogP contribution in [0.2, 0.25) is 5.02 Å². The van der Waals surface area contributed by atoms with Crippen LogP contribution in [-0.4, -0.2) is 50.0 Å². The molecule has 2 unspecified atom stereocenters. The number of carbonyl (C=O) groups is 2. The van der Waals surface area contributed by atoms with E-state index in [0.29, 0.717) is 20.7 Å². The molecule has 0 fully saturated rings. The van der Waals surface area contributed by atoms with E-state index >= 15 is 0 Å². The van der Waals surface area contributed by atoms with Crippen LogP contribution < -0.4 is 9.62 Å². The number of hydrogen-bond acceptors (Lipinski definition) is 4. The first-order valence-corrected chi connectivity index (χ1v) is 13.5. The largest absolute Gasteiger partial charge is 0.352 e. The molecule has 33 heavy (non-hydrogen) atoms. The summed E-state index contributed by atoms with van der Waals surface area (Å²) in [6.07, 6.45) is 1.78. The van der Waals surface area contributed by atoms with Crippen molar-refractivity contribution < 1.29 is 18.0 Å². The summed E-state index contributed by atoms with van der Waals surface area (Å²) < 4.78 is 26.8. The summed E-state index contributed by atoms with van der Waals surface area (Å²) in [5.41, 5.74) is 0.999. The Kier molecular flexibility index (Phi) is 9.75. The maximum atomic E-state index is 13.5. The van der Waals surface area contributed by atoms with Crippen molar-refractivity contribution in [2.75, 3.05) is 17.1 Å². The monoisotopic (exact) mass is 557 g/mol. The predicted molar refractivity (Wildman–Crippen MR) is 136 cm³/mol. The SMILES string of the molecule is CCC(C)NC(=O)C(C)N(Cc1ccccc1Cl)C(=O)CN(c1cccc(Br)c1)S(C)(=O)=O. The Morgan fingerprint density at radius 2 is 1.79 bits per heavy atom. The standard InChI is InChI=1S/C23H29BrClN3O4S/c1-5-16(2)26-23(30)17(3)27(14-18-9-6-7-12-21(18)25)22(29)15-28(33(4,31)32)20-11-8-10-19(24)13-20/h6-13,16-17H,5,14-15H2,1-4H3,(H,26,30). The fourth-order valence-corrected chi connectivity index (χ4v) is 4.53. The Bertz CT molecular complexity index is 1100. The fraction of sp³-hybridized carbons (Fsp3) is 0.391. The number of carbonyl (C=O) groups excluding carboxylic acids is 2. The fourth-order valence-electron chi connectivity index (χ4n) is 3.10. The molecule has 0 aromatic heterocycles. The van der Waals surface area contributed by atoms with Gasteiger partial charge in [0.05, 0.1) is 11.9 Å². The Labute approximate surface area is 209 Å². The molecule has 0 bridgehead atoms. The zero-order chi connectivity index (χ0) is 24.8. The Hall–Kier alpha value is -2.10. The van der Waals surface area contributed by atoms with Gasteiger partial charge in [-0.1, -0.05) is 58.7 Å². The van der Waals surface area contributed by atoms with Crippen LogP contribution in [0.3, 0.4) is 0 Å². The second kappa shape index (κ2) is 11.9. The number of benzene rings is 2. The van der Waals surface area contributed by atoms with E-state index < -0.39 is 28.5 Å². The van der Waals surface area contributed by atoms with E-state index in [0.717, 1.165) is 17.0 Å². The molecule has 2 aromatic carbocycles. The molecule has 2 atom stereocenters.